The maximum Gasteiger partial charge on any atom is 0.327 e. The Morgan fingerprint density at radius 2 is 2.07 bits per heavy atom. The highest BCUT2D eigenvalue weighted by molar-refractivity contribution is 14.2. The maximum atomic E-state index is 15.1. The molecule has 1 aromatic heterocycles. The molecule has 2 aliphatic rings. The quantitative estimate of drug-likeness (QED) is 0.373. The lowest BCUT2D eigenvalue weighted by Gasteiger charge is -2.35. The third-order valence-electron chi connectivity index (χ3n) is 5.45. The highest BCUT2D eigenvalue weighted by Crippen LogP contribution is 2.62. The number of carboxylic acid groups (broad SMARTS) is 1. The van der Waals surface area contributed by atoms with Crippen LogP contribution in [0.1, 0.15) is 23.1 Å². The number of aromatic nitrogens is 2. The summed E-state index contributed by atoms with van der Waals surface area (Å²) in [6, 6.07) is 8.44. The van der Waals surface area contributed by atoms with Crippen LogP contribution in [-0.2, 0) is 16.9 Å². The number of carboxylic acids is 1. The number of aliphatic hydroxyl groups is 1. The minimum Gasteiger partial charge on any atom is -0.481 e. The molecule has 154 valence electrons. The molecule has 2 aromatic carbocycles. The Balaban J connectivity index is 1.68. The molecule has 1 unspecified atom stereocenters. The summed E-state index contributed by atoms with van der Waals surface area (Å²) in [6.45, 7) is 0.186. The van der Waals surface area contributed by atoms with Gasteiger partial charge in [0.15, 0.2) is 5.60 Å². The van der Waals surface area contributed by atoms with Crippen molar-refractivity contribution in [1.82, 2.24) is 9.78 Å². The lowest BCUT2D eigenvalue weighted by Crippen LogP contribution is -2.43. The second-order valence-electron chi connectivity index (χ2n) is 7.21. The lowest BCUT2D eigenvalue weighted by atomic mass is 9.88. The number of nitrogens with zero attached hydrogens (tertiary/aromatic N) is 2. The standard InChI is InChI=1S/C21H14ClF2IN2O3/c22-16-7-12(13-9-26-27(10-13)5-4-17(28)29)6-15-18(16)14-3-1-2-11-8-25-21(23,24)20(15,30)19(11)14/h1-3,6-10,30H,4-5H2,(H,28,29). The van der Waals surface area contributed by atoms with Crippen molar-refractivity contribution in [1.29, 1.82) is 0 Å². The summed E-state index contributed by atoms with van der Waals surface area (Å²) in [5.41, 5.74) is 0.613. The molecule has 5 nitrogen and oxygen atoms in total. The summed E-state index contributed by atoms with van der Waals surface area (Å²) in [6.07, 6.45) is 3.08. The zero-order chi connectivity index (χ0) is 21.3. The van der Waals surface area contributed by atoms with E-state index in [2.05, 4.69) is 5.10 Å². The predicted molar refractivity (Wildman–Crippen MR) is 117 cm³/mol. The molecule has 0 saturated carbocycles. The van der Waals surface area contributed by atoms with Crippen molar-refractivity contribution >= 4 is 42.3 Å². The molecule has 0 saturated heterocycles. The van der Waals surface area contributed by atoms with Crippen LogP contribution in [0.25, 0.3) is 22.3 Å². The molecule has 1 aliphatic carbocycles. The smallest absolute Gasteiger partial charge is 0.327 e. The van der Waals surface area contributed by atoms with Crippen LogP contribution in [-0.4, -0.2) is 33.9 Å². The number of hydrogen-bond acceptors (Lipinski definition) is 3. The Bertz CT molecular complexity index is 1260. The van der Waals surface area contributed by atoms with E-state index in [0.29, 0.717) is 27.8 Å². The fourth-order valence-electron chi connectivity index (χ4n) is 4.09. The minimum atomic E-state index is -3.28. The van der Waals surface area contributed by atoms with E-state index in [4.69, 9.17) is 16.7 Å². The van der Waals surface area contributed by atoms with Crippen molar-refractivity contribution in [3.05, 3.63) is 64.4 Å². The molecule has 0 bridgehead atoms. The van der Waals surface area contributed by atoms with Crippen molar-refractivity contribution in [2.45, 2.75) is 22.5 Å². The highest BCUT2D eigenvalue weighted by Gasteiger charge is 2.61. The van der Waals surface area contributed by atoms with Gasteiger partial charge in [-0.3, -0.25) is 9.48 Å². The van der Waals surface area contributed by atoms with Gasteiger partial charge in [0.25, 0.3) is 0 Å². The zero-order valence-corrected chi connectivity index (χ0v) is 18.2. The van der Waals surface area contributed by atoms with E-state index in [9.17, 15) is 9.90 Å². The van der Waals surface area contributed by atoms with Gasteiger partial charge >= 0.3 is 9.90 Å². The first-order chi connectivity index (χ1) is 14.2. The Labute approximate surface area is 184 Å². The van der Waals surface area contributed by atoms with E-state index < -0.39 is 36.2 Å². The van der Waals surface area contributed by atoms with Crippen LogP contribution in [0.2, 0.25) is 5.02 Å². The molecular weight excluding hydrogens is 529 g/mol. The van der Waals surface area contributed by atoms with Gasteiger partial charge in [0.05, 0.1) is 19.2 Å². The van der Waals surface area contributed by atoms with Gasteiger partial charge in [-0.05, 0) is 53.6 Å². The molecular formula is C21H14ClF2IN2O3. The molecule has 0 fully saturated rings. The number of hydrogen-bond donors (Lipinski definition) is 2. The lowest BCUT2D eigenvalue weighted by molar-refractivity contribution is -0.137. The van der Waals surface area contributed by atoms with Crippen LogP contribution in [0.15, 0.2) is 42.7 Å². The summed E-state index contributed by atoms with van der Waals surface area (Å²) in [4.78, 5) is 10.8. The average molecular weight is 543 g/mol. The normalized spacial score (nSPS) is 20.4. The molecule has 0 amide bonds. The number of benzene rings is 2. The van der Waals surface area contributed by atoms with Crippen LogP contribution < -0.4 is 0 Å². The molecule has 0 spiro atoms. The molecule has 9 heteroatoms. The number of rotatable bonds is 4. The number of carbonyl (C=O) groups is 1. The van der Waals surface area contributed by atoms with Crippen LogP contribution in [0.3, 0.4) is 0 Å². The SMILES string of the molecule is O=C(O)CCn1cc(-c2cc(Cl)c3c(c2)C2(O)c4c(cccc4-3)C=IC2(F)F)cn1. The number of halogens is 4. The minimum absolute atomic E-state index is 0.0870. The van der Waals surface area contributed by atoms with E-state index in [1.54, 1.807) is 40.5 Å². The summed E-state index contributed by atoms with van der Waals surface area (Å²) in [5, 5.41) is 24.7. The van der Waals surface area contributed by atoms with Crippen LogP contribution in [0.4, 0.5) is 8.78 Å². The Hall–Kier alpha value is -2.17. The molecule has 5 rings (SSSR count). The summed E-state index contributed by atoms with van der Waals surface area (Å²) < 4.78 is 30.0. The van der Waals surface area contributed by atoms with E-state index in [0.717, 1.165) is 0 Å². The molecule has 2 heterocycles. The Morgan fingerprint density at radius 3 is 2.83 bits per heavy atom. The monoisotopic (exact) mass is 542 g/mol. The predicted octanol–water partition coefficient (Wildman–Crippen LogP) is 4.62. The van der Waals surface area contributed by atoms with E-state index >= 15 is 8.78 Å². The number of fused-ring (bicyclic) bond motifs is 3. The zero-order valence-electron chi connectivity index (χ0n) is 15.2. The molecule has 30 heavy (non-hydrogen) atoms. The molecule has 0 radical (unpaired) electrons. The van der Waals surface area contributed by atoms with Crippen LogP contribution in [0.5, 0.6) is 0 Å². The van der Waals surface area contributed by atoms with E-state index in [-0.39, 0.29) is 29.1 Å². The average Bonchev–Trinajstić information content (AvgIpc) is 3.27. The third-order valence-corrected chi connectivity index (χ3v) is 8.29. The van der Waals surface area contributed by atoms with Crippen molar-refractivity contribution in [2.75, 3.05) is 0 Å². The van der Waals surface area contributed by atoms with Gasteiger partial charge in [0.2, 0.25) is 0 Å². The summed E-state index contributed by atoms with van der Waals surface area (Å²) in [5.74, 6) is -0.942. The first-order valence-corrected chi connectivity index (χ1v) is 11.7. The molecule has 2 N–H and O–H groups in total. The van der Waals surface area contributed by atoms with Crippen LogP contribution >= 0.6 is 32.3 Å². The first kappa shape index (κ1) is 19.8. The third kappa shape index (κ3) is 2.70. The topological polar surface area (TPSA) is 75.3 Å². The van der Waals surface area contributed by atoms with Crippen molar-refractivity contribution in [3.8, 4) is 22.3 Å². The van der Waals surface area contributed by atoms with E-state index in [1.165, 1.54) is 10.9 Å². The Kier molecular flexibility index (Phi) is 4.39. The van der Waals surface area contributed by atoms with Gasteiger partial charge in [-0.1, -0.05) is 29.8 Å². The van der Waals surface area contributed by atoms with Gasteiger partial charge < -0.3 is 10.2 Å². The number of alkyl halides is 3. The van der Waals surface area contributed by atoms with E-state index in [1.807, 2.05) is 0 Å². The maximum absolute atomic E-state index is 15.1. The fourth-order valence-corrected chi connectivity index (χ4v) is 6.66. The van der Waals surface area contributed by atoms with Crippen molar-refractivity contribution in [2.24, 2.45) is 0 Å². The molecule has 3 aromatic rings. The van der Waals surface area contributed by atoms with Crippen LogP contribution in [0, 0.1) is 0 Å². The second kappa shape index (κ2) is 6.66. The highest BCUT2D eigenvalue weighted by atomic mass is 127. The molecule has 1 aliphatic heterocycles. The van der Waals surface area contributed by atoms with Crippen molar-refractivity contribution < 1.29 is 23.8 Å². The second-order valence-corrected chi connectivity index (χ2v) is 10.2. The van der Waals surface area contributed by atoms with Gasteiger partial charge in [-0.25, -0.2) is 0 Å². The van der Waals surface area contributed by atoms with Gasteiger partial charge in [0.1, 0.15) is 0 Å². The molecule has 1 atom stereocenters. The summed E-state index contributed by atoms with van der Waals surface area (Å²) in [7, 11) is 0. The Morgan fingerprint density at radius 1 is 1.27 bits per heavy atom. The van der Waals surface area contributed by atoms with Gasteiger partial charge in [-0.15, -0.1) is 0 Å². The largest absolute Gasteiger partial charge is 0.481 e. The summed E-state index contributed by atoms with van der Waals surface area (Å²) >= 11 is 4.83. The fraction of sp³-hybridized carbons (Fsp3) is 0.190. The van der Waals surface area contributed by atoms with Gasteiger partial charge in [0, 0.05) is 33.5 Å². The number of aryl methyl sites for hydroxylation is 1. The van der Waals surface area contributed by atoms with Gasteiger partial charge in [-0.2, -0.15) is 13.9 Å². The first-order valence-electron chi connectivity index (χ1n) is 9.03. The number of aliphatic carboxylic acids is 1. The van der Waals surface area contributed by atoms with Crippen molar-refractivity contribution in [3.63, 3.8) is 0 Å².